The first-order valence-corrected chi connectivity index (χ1v) is 8.17. The minimum absolute atomic E-state index is 0.0342. The summed E-state index contributed by atoms with van der Waals surface area (Å²) in [7, 11) is 0. The zero-order chi connectivity index (χ0) is 17.7. The van der Waals surface area contributed by atoms with Gasteiger partial charge in [-0.05, 0) is 25.3 Å². The van der Waals surface area contributed by atoms with Crippen LogP contribution in [0.25, 0.3) is 0 Å². The van der Waals surface area contributed by atoms with Crippen molar-refractivity contribution in [3.8, 4) is 0 Å². The van der Waals surface area contributed by atoms with E-state index in [1.165, 1.54) is 0 Å². The highest BCUT2D eigenvalue weighted by molar-refractivity contribution is 5.92. The average Bonchev–Trinajstić information content (AvgIpc) is 2.93. The maximum atomic E-state index is 12.2. The van der Waals surface area contributed by atoms with Crippen LogP contribution >= 0.6 is 0 Å². The number of rotatable bonds is 7. The lowest BCUT2D eigenvalue weighted by Crippen LogP contribution is -2.45. The van der Waals surface area contributed by atoms with E-state index in [9.17, 15) is 14.4 Å². The van der Waals surface area contributed by atoms with Crippen molar-refractivity contribution in [2.45, 2.75) is 50.7 Å². The summed E-state index contributed by atoms with van der Waals surface area (Å²) >= 11 is 0. The number of nitrogens with two attached hydrogens (primary N) is 1. The number of benzene rings is 1. The van der Waals surface area contributed by atoms with Crippen LogP contribution in [0.5, 0.6) is 0 Å². The topological polar surface area (TPSA) is 98.5 Å². The second-order valence-corrected chi connectivity index (χ2v) is 6.33. The van der Waals surface area contributed by atoms with Crippen LogP contribution in [-0.4, -0.2) is 36.4 Å². The fourth-order valence-electron chi connectivity index (χ4n) is 2.93. The molecule has 2 amide bonds. The van der Waals surface area contributed by atoms with Crippen LogP contribution in [0.15, 0.2) is 30.3 Å². The molecule has 1 aliphatic heterocycles. The Morgan fingerprint density at radius 3 is 2.58 bits per heavy atom. The third-order valence-electron chi connectivity index (χ3n) is 4.68. The Morgan fingerprint density at radius 1 is 1.33 bits per heavy atom. The van der Waals surface area contributed by atoms with Crippen molar-refractivity contribution >= 4 is 17.6 Å². The van der Waals surface area contributed by atoms with Crippen LogP contribution in [0.3, 0.4) is 0 Å². The number of carbonyl (C=O) groups excluding carboxylic acids is 3. The maximum absolute atomic E-state index is 12.2. The van der Waals surface area contributed by atoms with Gasteiger partial charge in [0.2, 0.25) is 11.8 Å². The normalized spacial score (nSPS) is 22.8. The summed E-state index contributed by atoms with van der Waals surface area (Å²) in [6.45, 7) is 3.67. The van der Waals surface area contributed by atoms with Gasteiger partial charge in [0.15, 0.2) is 5.78 Å². The number of Topliss-reactive ketones (excluding diaryl/α,β-unsaturated/α-hetero) is 1. The van der Waals surface area contributed by atoms with Crippen molar-refractivity contribution in [3.63, 3.8) is 0 Å². The van der Waals surface area contributed by atoms with Gasteiger partial charge in [-0.15, -0.1) is 0 Å². The van der Waals surface area contributed by atoms with E-state index in [2.05, 4.69) is 5.32 Å². The zero-order valence-corrected chi connectivity index (χ0v) is 14.1. The number of amides is 2. The summed E-state index contributed by atoms with van der Waals surface area (Å²) in [4.78, 5) is 36.0. The van der Waals surface area contributed by atoms with Crippen molar-refractivity contribution < 1.29 is 19.1 Å². The Hall–Kier alpha value is -2.21. The number of nitrogens with one attached hydrogen (secondary N) is 1. The fraction of sp³-hybridized carbons (Fsp3) is 0.500. The second-order valence-electron chi connectivity index (χ2n) is 6.33. The van der Waals surface area contributed by atoms with E-state index in [1.807, 2.05) is 37.3 Å². The van der Waals surface area contributed by atoms with E-state index >= 15 is 0 Å². The molecule has 0 aliphatic carbocycles. The van der Waals surface area contributed by atoms with Gasteiger partial charge >= 0.3 is 0 Å². The van der Waals surface area contributed by atoms with Crippen molar-refractivity contribution in [3.05, 3.63) is 35.9 Å². The molecule has 2 rings (SSSR count). The molecular formula is C18H24N2O4. The Labute approximate surface area is 141 Å². The van der Waals surface area contributed by atoms with Crippen LogP contribution < -0.4 is 11.1 Å². The minimum atomic E-state index is -0.932. The smallest absolute Gasteiger partial charge is 0.227 e. The molecular weight excluding hydrogens is 308 g/mol. The minimum Gasteiger partial charge on any atom is -0.369 e. The van der Waals surface area contributed by atoms with Crippen molar-refractivity contribution in [2.75, 3.05) is 6.61 Å². The van der Waals surface area contributed by atoms with Gasteiger partial charge < -0.3 is 15.8 Å². The number of hydrogen-bond donors (Lipinski definition) is 2. The molecule has 3 atom stereocenters. The summed E-state index contributed by atoms with van der Waals surface area (Å²) in [6, 6.07) is 8.56. The molecule has 1 heterocycles. The number of carbonyl (C=O) groups is 3. The molecule has 0 spiro atoms. The molecule has 3 N–H and O–H groups in total. The molecule has 6 nitrogen and oxygen atoms in total. The highest BCUT2D eigenvalue weighted by Gasteiger charge is 2.37. The van der Waals surface area contributed by atoms with Crippen LogP contribution in [0.1, 0.15) is 38.7 Å². The van der Waals surface area contributed by atoms with E-state index < -0.39 is 17.4 Å². The summed E-state index contributed by atoms with van der Waals surface area (Å²) in [6.07, 6.45) is 0.753. The highest BCUT2D eigenvalue weighted by Crippen LogP contribution is 2.28. The SMILES string of the molecule is CC[C@@H]1OCC(=O)C1NC(=O)CCC(C)(C(N)=O)c1ccccc1. The van der Waals surface area contributed by atoms with E-state index in [1.54, 1.807) is 6.92 Å². The largest absolute Gasteiger partial charge is 0.369 e. The third-order valence-corrected chi connectivity index (χ3v) is 4.68. The van der Waals surface area contributed by atoms with Crippen LogP contribution in [0.4, 0.5) is 0 Å². The highest BCUT2D eigenvalue weighted by atomic mass is 16.5. The van der Waals surface area contributed by atoms with Gasteiger partial charge in [0.1, 0.15) is 12.6 Å². The standard InChI is InChI=1S/C18H24N2O4/c1-3-14-16(13(21)11-24-14)20-15(22)9-10-18(2,17(19)23)12-7-5-4-6-8-12/h4-8,14,16H,3,9-11H2,1-2H3,(H2,19,23)(H,20,22)/t14-,16?,18?/m0/s1. The van der Waals surface area contributed by atoms with Gasteiger partial charge in [-0.25, -0.2) is 0 Å². The molecule has 1 aromatic rings. The van der Waals surface area contributed by atoms with Gasteiger partial charge in [-0.3, -0.25) is 14.4 Å². The molecule has 0 bridgehead atoms. The van der Waals surface area contributed by atoms with E-state index in [-0.39, 0.29) is 37.2 Å². The Balaban J connectivity index is 2.01. The van der Waals surface area contributed by atoms with E-state index in [0.29, 0.717) is 6.42 Å². The van der Waals surface area contributed by atoms with Gasteiger partial charge in [0.05, 0.1) is 11.5 Å². The molecule has 130 valence electrons. The maximum Gasteiger partial charge on any atom is 0.227 e. The summed E-state index contributed by atoms with van der Waals surface area (Å²) in [5.74, 6) is -0.871. The first kappa shape index (κ1) is 18.1. The van der Waals surface area contributed by atoms with E-state index in [0.717, 1.165) is 5.56 Å². The Kier molecular flexibility index (Phi) is 5.72. The number of primary amides is 1. The fourth-order valence-corrected chi connectivity index (χ4v) is 2.93. The van der Waals surface area contributed by atoms with Crippen LogP contribution in [0, 0.1) is 0 Å². The molecule has 0 saturated carbocycles. The molecule has 1 fully saturated rings. The van der Waals surface area contributed by atoms with Crippen molar-refractivity contribution in [2.24, 2.45) is 5.73 Å². The van der Waals surface area contributed by atoms with Crippen LogP contribution in [0.2, 0.25) is 0 Å². The predicted octanol–water partition coefficient (Wildman–Crippen LogP) is 1.07. The molecule has 0 aromatic heterocycles. The van der Waals surface area contributed by atoms with Gasteiger partial charge in [-0.2, -0.15) is 0 Å². The predicted molar refractivity (Wildman–Crippen MR) is 89.2 cm³/mol. The Morgan fingerprint density at radius 2 is 2.00 bits per heavy atom. The second kappa shape index (κ2) is 7.57. The summed E-state index contributed by atoms with van der Waals surface area (Å²) in [5, 5.41) is 2.73. The summed E-state index contributed by atoms with van der Waals surface area (Å²) < 4.78 is 5.34. The lowest BCUT2D eigenvalue weighted by molar-refractivity contribution is -0.127. The monoisotopic (exact) mass is 332 g/mol. The molecule has 24 heavy (non-hydrogen) atoms. The summed E-state index contributed by atoms with van der Waals surface area (Å²) in [5.41, 5.74) is 5.42. The first-order valence-electron chi connectivity index (χ1n) is 8.17. The molecule has 1 saturated heterocycles. The van der Waals surface area contributed by atoms with Gasteiger partial charge in [0, 0.05) is 6.42 Å². The average molecular weight is 332 g/mol. The van der Waals surface area contributed by atoms with Gasteiger partial charge in [0.25, 0.3) is 0 Å². The Bertz CT molecular complexity index is 617. The quantitative estimate of drug-likeness (QED) is 0.780. The number of ether oxygens (including phenoxy) is 1. The molecule has 1 aromatic carbocycles. The number of ketones is 1. The van der Waals surface area contributed by atoms with Crippen molar-refractivity contribution in [1.82, 2.24) is 5.32 Å². The van der Waals surface area contributed by atoms with Gasteiger partial charge in [-0.1, -0.05) is 37.3 Å². The zero-order valence-electron chi connectivity index (χ0n) is 14.1. The molecule has 1 aliphatic rings. The van der Waals surface area contributed by atoms with Crippen LogP contribution in [-0.2, 0) is 24.5 Å². The first-order chi connectivity index (χ1) is 11.4. The molecule has 0 radical (unpaired) electrons. The molecule has 2 unspecified atom stereocenters. The lowest BCUT2D eigenvalue weighted by Gasteiger charge is -2.27. The number of hydrogen-bond acceptors (Lipinski definition) is 4. The third kappa shape index (κ3) is 3.82. The van der Waals surface area contributed by atoms with Crippen molar-refractivity contribution in [1.29, 1.82) is 0 Å². The lowest BCUT2D eigenvalue weighted by atomic mass is 9.78. The van der Waals surface area contributed by atoms with E-state index in [4.69, 9.17) is 10.5 Å². The molecule has 6 heteroatoms.